The molecule has 0 aliphatic heterocycles. The number of ether oxygens (including phenoxy) is 1. The second-order valence-electron chi connectivity index (χ2n) is 6.25. The van der Waals surface area contributed by atoms with Gasteiger partial charge < -0.3 is 20.7 Å². The molecule has 0 saturated heterocycles. The number of nitrogens with zero attached hydrogens (tertiary/aromatic N) is 1. The zero-order valence-corrected chi connectivity index (χ0v) is 12.8. The van der Waals surface area contributed by atoms with Crippen molar-refractivity contribution in [3.63, 3.8) is 0 Å². The minimum absolute atomic E-state index is 0.0260. The Kier molecular flexibility index (Phi) is 4.52. The van der Waals surface area contributed by atoms with E-state index in [4.69, 9.17) is 4.74 Å². The van der Waals surface area contributed by atoms with E-state index in [1.54, 1.807) is 14.2 Å². The summed E-state index contributed by atoms with van der Waals surface area (Å²) in [4.78, 5) is 15.8. The van der Waals surface area contributed by atoms with Gasteiger partial charge in [-0.05, 0) is 19.3 Å². The fraction of sp³-hybridized carbons (Fsp3) is 0.857. The van der Waals surface area contributed by atoms with Crippen LogP contribution in [0.2, 0.25) is 0 Å². The summed E-state index contributed by atoms with van der Waals surface area (Å²) in [5.41, 5.74) is 0.0721. The molecule has 114 valence electrons. The maximum atomic E-state index is 11.6. The van der Waals surface area contributed by atoms with Gasteiger partial charge in [0.1, 0.15) is 0 Å². The highest BCUT2D eigenvalue weighted by atomic mass is 16.5. The van der Waals surface area contributed by atoms with Crippen LogP contribution < -0.4 is 16.0 Å². The highest BCUT2D eigenvalue weighted by Crippen LogP contribution is 2.42. The Balaban J connectivity index is 1.74. The molecule has 2 aliphatic rings. The fourth-order valence-electron chi connectivity index (χ4n) is 2.56. The molecule has 0 bridgehead atoms. The molecule has 2 fully saturated rings. The third-order valence-corrected chi connectivity index (χ3v) is 4.36. The number of methoxy groups -OCH3 is 1. The molecular formula is C14H26N4O2. The molecular weight excluding hydrogens is 256 g/mol. The van der Waals surface area contributed by atoms with Crippen LogP contribution in [0.4, 0.5) is 0 Å². The number of amides is 1. The first-order valence-corrected chi connectivity index (χ1v) is 7.26. The van der Waals surface area contributed by atoms with Crippen LogP contribution in [-0.2, 0) is 9.53 Å². The molecule has 0 heterocycles. The molecule has 6 heteroatoms. The van der Waals surface area contributed by atoms with Crippen LogP contribution >= 0.6 is 0 Å². The lowest BCUT2D eigenvalue weighted by molar-refractivity contribution is -0.120. The van der Waals surface area contributed by atoms with Crippen LogP contribution in [0.15, 0.2) is 4.99 Å². The van der Waals surface area contributed by atoms with Crippen molar-refractivity contribution in [3.8, 4) is 0 Å². The van der Waals surface area contributed by atoms with Crippen LogP contribution in [0.25, 0.3) is 0 Å². The van der Waals surface area contributed by atoms with Gasteiger partial charge >= 0.3 is 0 Å². The summed E-state index contributed by atoms with van der Waals surface area (Å²) in [6.07, 6.45) is 3.44. The molecule has 20 heavy (non-hydrogen) atoms. The molecule has 3 N–H and O–H groups in total. The first-order chi connectivity index (χ1) is 9.47. The maximum absolute atomic E-state index is 11.6. The summed E-state index contributed by atoms with van der Waals surface area (Å²) in [5.74, 6) is 0.696. The van der Waals surface area contributed by atoms with Gasteiger partial charge in [-0.1, -0.05) is 13.8 Å². The number of carbonyl (C=O) groups excluding carboxylic acids is 1. The zero-order chi connectivity index (χ0) is 14.8. The van der Waals surface area contributed by atoms with Gasteiger partial charge in [0, 0.05) is 31.7 Å². The quantitative estimate of drug-likeness (QED) is 0.499. The SMILES string of the molecule is CN=C(NCC(=O)NC1CC1)NC1CC(OC)C1(C)C. The van der Waals surface area contributed by atoms with Crippen molar-refractivity contribution in [2.75, 3.05) is 20.7 Å². The van der Waals surface area contributed by atoms with E-state index in [2.05, 4.69) is 34.8 Å². The van der Waals surface area contributed by atoms with E-state index in [0.717, 1.165) is 19.3 Å². The highest BCUT2D eigenvalue weighted by molar-refractivity contribution is 5.86. The molecule has 6 nitrogen and oxygen atoms in total. The first-order valence-electron chi connectivity index (χ1n) is 7.26. The van der Waals surface area contributed by atoms with Gasteiger partial charge in [0.25, 0.3) is 0 Å². The molecule has 0 aromatic carbocycles. The van der Waals surface area contributed by atoms with Crippen molar-refractivity contribution in [3.05, 3.63) is 0 Å². The number of hydrogen-bond donors (Lipinski definition) is 3. The largest absolute Gasteiger partial charge is 0.381 e. The van der Waals surface area contributed by atoms with Crippen LogP contribution in [0.1, 0.15) is 33.1 Å². The van der Waals surface area contributed by atoms with Crippen molar-refractivity contribution < 1.29 is 9.53 Å². The molecule has 2 rings (SSSR count). The second kappa shape index (κ2) is 5.99. The number of aliphatic imine (C=N–C) groups is 1. The van der Waals surface area contributed by atoms with Gasteiger partial charge in [-0.2, -0.15) is 0 Å². The van der Waals surface area contributed by atoms with Gasteiger partial charge in [0.05, 0.1) is 12.6 Å². The van der Waals surface area contributed by atoms with Crippen LogP contribution in [-0.4, -0.2) is 50.8 Å². The molecule has 0 aromatic rings. The summed E-state index contributed by atoms with van der Waals surface area (Å²) in [6, 6.07) is 0.706. The summed E-state index contributed by atoms with van der Waals surface area (Å²) in [5, 5.41) is 9.36. The number of nitrogens with one attached hydrogen (secondary N) is 3. The van der Waals surface area contributed by atoms with Gasteiger partial charge in [-0.15, -0.1) is 0 Å². The Labute approximate surface area is 120 Å². The van der Waals surface area contributed by atoms with E-state index in [1.807, 2.05) is 0 Å². The standard InChI is InChI=1S/C14H26N4O2/c1-14(2)10(7-11(14)20-4)18-13(15-3)16-8-12(19)17-9-5-6-9/h9-11H,5-8H2,1-4H3,(H,17,19)(H2,15,16,18). The number of hydrogen-bond acceptors (Lipinski definition) is 3. The third-order valence-electron chi connectivity index (χ3n) is 4.36. The molecule has 2 atom stereocenters. The van der Waals surface area contributed by atoms with E-state index in [9.17, 15) is 4.79 Å². The van der Waals surface area contributed by atoms with Crippen molar-refractivity contribution in [2.24, 2.45) is 10.4 Å². The van der Waals surface area contributed by atoms with E-state index in [-0.39, 0.29) is 24.0 Å². The summed E-state index contributed by atoms with van der Waals surface area (Å²) in [7, 11) is 3.46. The lowest BCUT2D eigenvalue weighted by Crippen LogP contribution is -2.63. The molecule has 1 amide bonds. The predicted octanol–water partition coefficient (Wildman–Crippen LogP) is 0.244. The van der Waals surface area contributed by atoms with E-state index < -0.39 is 0 Å². The average molecular weight is 282 g/mol. The van der Waals surface area contributed by atoms with Gasteiger partial charge in [0.2, 0.25) is 5.91 Å². The average Bonchev–Trinajstić information content (AvgIpc) is 3.21. The van der Waals surface area contributed by atoms with Gasteiger partial charge in [-0.25, -0.2) is 0 Å². The fourth-order valence-corrected chi connectivity index (χ4v) is 2.56. The van der Waals surface area contributed by atoms with Gasteiger partial charge in [0.15, 0.2) is 5.96 Å². The first kappa shape index (κ1) is 15.1. The van der Waals surface area contributed by atoms with Crippen molar-refractivity contribution in [1.29, 1.82) is 0 Å². The highest BCUT2D eigenvalue weighted by Gasteiger charge is 2.48. The van der Waals surface area contributed by atoms with Crippen molar-refractivity contribution in [1.82, 2.24) is 16.0 Å². The van der Waals surface area contributed by atoms with E-state index in [0.29, 0.717) is 18.0 Å². The maximum Gasteiger partial charge on any atom is 0.239 e. The second-order valence-corrected chi connectivity index (χ2v) is 6.25. The molecule has 2 saturated carbocycles. The smallest absolute Gasteiger partial charge is 0.239 e. The molecule has 2 aliphatic carbocycles. The minimum Gasteiger partial charge on any atom is -0.381 e. The molecule has 2 unspecified atom stereocenters. The number of rotatable bonds is 5. The molecule has 0 aromatic heterocycles. The van der Waals surface area contributed by atoms with Crippen LogP contribution in [0.3, 0.4) is 0 Å². The normalized spacial score (nSPS) is 28.5. The zero-order valence-electron chi connectivity index (χ0n) is 12.8. The summed E-state index contributed by atoms with van der Waals surface area (Å²) in [6.45, 7) is 4.61. The monoisotopic (exact) mass is 282 g/mol. The predicted molar refractivity (Wildman–Crippen MR) is 78.6 cm³/mol. The van der Waals surface area contributed by atoms with Crippen LogP contribution in [0, 0.1) is 5.41 Å². The van der Waals surface area contributed by atoms with E-state index in [1.165, 1.54) is 0 Å². The Bertz CT molecular complexity index is 391. The Morgan fingerprint density at radius 2 is 2.05 bits per heavy atom. The molecule has 0 spiro atoms. The third kappa shape index (κ3) is 3.42. The summed E-state index contributed by atoms with van der Waals surface area (Å²) >= 11 is 0. The lowest BCUT2D eigenvalue weighted by atomic mass is 9.64. The minimum atomic E-state index is 0.0260. The number of carbonyl (C=O) groups is 1. The Morgan fingerprint density at radius 3 is 2.55 bits per heavy atom. The molecule has 0 radical (unpaired) electrons. The summed E-state index contributed by atoms with van der Waals surface area (Å²) < 4.78 is 5.43. The van der Waals surface area contributed by atoms with E-state index >= 15 is 0 Å². The Morgan fingerprint density at radius 1 is 1.35 bits per heavy atom. The Hall–Kier alpha value is -1.30. The van der Waals surface area contributed by atoms with Gasteiger partial charge in [-0.3, -0.25) is 9.79 Å². The van der Waals surface area contributed by atoms with Crippen LogP contribution in [0.5, 0.6) is 0 Å². The van der Waals surface area contributed by atoms with Crippen molar-refractivity contribution >= 4 is 11.9 Å². The van der Waals surface area contributed by atoms with Crippen molar-refractivity contribution in [2.45, 2.75) is 51.3 Å². The topological polar surface area (TPSA) is 74.8 Å². The number of guanidine groups is 1. The lowest BCUT2D eigenvalue weighted by Gasteiger charge is -2.51.